The number of hydrogen-bond acceptors (Lipinski definition) is 4. The molecule has 1 amide bonds. The molecular formula is C20H23ClN2O3. The number of rotatable bonds is 5. The van der Waals surface area contributed by atoms with Gasteiger partial charge in [-0.1, -0.05) is 17.7 Å². The molecule has 1 aliphatic rings. The Morgan fingerprint density at radius 1 is 1.08 bits per heavy atom. The van der Waals surface area contributed by atoms with Crippen LogP contribution in [0.25, 0.3) is 0 Å². The van der Waals surface area contributed by atoms with Crippen LogP contribution in [0, 0.1) is 0 Å². The summed E-state index contributed by atoms with van der Waals surface area (Å²) in [5, 5.41) is 3.27. The quantitative estimate of drug-likeness (QED) is 0.830. The molecule has 0 aliphatic carbocycles. The number of nitrogens with zero attached hydrogens (tertiary/aromatic N) is 1. The molecule has 1 aliphatic heterocycles. The fraction of sp³-hybridized carbons (Fsp3) is 0.350. The van der Waals surface area contributed by atoms with Gasteiger partial charge in [-0.15, -0.1) is 0 Å². The SMILES string of the molecule is COc1cc(C(=O)Nc2cccc(N3CCCCC3)c2)cc(Cl)c1OC. The van der Waals surface area contributed by atoms with Gasteiger partial charge in [0.25, 0.3) is 5.91 Å². The van der Waals surface area contributed by atoms with E-state index in [1.807, 2.05) is 18.2 Å². The number of halogens is 1. The van der Waals surface area contributed by atoms with Gasteiger partial charge >= 0.3 is 0 Å². The predicted octanol–water partition coefficient (Wildman–Crippen LogP) is 4.60. The first-order valence-electron chi connectivity index (χ1n) is 8.70. The highest BCUT2D eigenvalue weighted by molar-refractivity contribution is 6.32. The highest BCUT2D eigenvalue weighted by atomic mass is 35.5. The zero-order valence-corrected chi connectivity index (χ0v) is 15.8. The third-order valence-corrected chi connectivity index (χ3v) is 4.80. The monoisotopic (exact) mass is 374 g/mol. The maximum absolute atomic E-state index is 12.6. The number of ether oxygens (including phenoxy) is 2. The molecule has 0 bridgehead atoms. The van der Waals surface area contributed by atoms with Gasteiger partial charge in [-0.2, -0.15) is 0 Å². The molecule has 6 heteroatoms. The van der Waals surface area contributed by atoms with Crippen LogP contribution in [0.1, 0.15) is 29.6 Å². The molecule has 0 unspecified atom stereocenters. The molecule has 0 atom stereocenters. The molecule has 0 saturated carbocycles. The Balaban J connectivity index is 1.79. The minimum absolute atomic E-state index is 0.247. The largest absolute Gasteiger partial charge is 0.493 e. The molecule has 1 N–H and O–H groups in total. The minimum atomic E-state index is -0.247. The van der Waals surface area contributed by atoms with E-state index in [0.717, 1.165) is 24.5 Å². The third kappa shape index (κ3) is 4.05. The maximum atomic E-state index is 12.6. The van der Waals surface area contributed by atoms with Gasteiger partial charge in [0.2, 0.25) is 0 Å². The lowest BCUT2D eigenvalue weighted by Gasteiger charge is -2.29. The van der Waals surface area contributed by atoms with Crippen LogP contribution in [0.5, 0.6) is 11.5 Å². The van der Waals surface area contributed by atoms with Crippen molar-refractivity contribution in [3.63, 3.8) is 0 Å². The predicted molar refractivity (Wildman–Crippen MR) is 105 cm³/mol. The number of carbonyl (C=O) groups excluding carboxylic acids is 1. The molecule has 3 rings (SSSR count). The van der Waals surface area contributed by atoms with Crippen LogP contribution < -0.4 is 19.7 Å². The van der Waals surface area contributed by atoms with Gasteiger partial charge in [-0.05, 0) is 49.6 Å². The minimum Gasteiger partial charge on any atom is -0.493 e. The van der Waals surface area contributed by atoms with E-state index in [1.54, 1.807) is 12.1 Å². The summed E-state index contributed by atoms with van der Waals surface area (Å²) in [6.45, 7) is 2.12. The lowest BCUT2D eigenvalue weighted by Crippen LogP contribution is -2.29. The van der Waals surface area contributed by atoms with Crippen molar-refractivity contribution in [2.24, 2.45) is 0 Å². The van der Waals surface area contributed by atoms with Crippen LogP contribution in [0.3, 0.4) is 0 Å². The first-order chi connectivity index (χ1) is 12.6. The van der Waals surface area contributed by atoms with E-state index in [9.17, 15) is 4.79 Å². The molecule has 0 spiro atoms. The Kier molecular flexibility index (Phi) is 5.89. The average Bonchev–Trinajstić information content (AvgIpc) is 2.68. The zero-order chi connectivity index (χ0) is 18.5. The second-order valence-corrected chi connectivity index (χ2v) is 6.65. The van der Waals surface area contributed by atoms with Gasteiger partial charge in [0.15, 0.2) is 11.5 Å². The molecule has 0 aromatic heterocycles. The van der Waals surface area contributed by atoms with Crippen molar-refractivity contribution < 1.29 is 14.3 Å². The van der Waals surface area contributed by atoms with Crippen LogP contribution in [0.4, 0.5) is 11.4 Å². The van der Waals surface area contributed by atoms with E-state index < -0.39 is 0 Å². The number of piperidine rings is 1. The van der Waals surface area contributed by atoms with E-state index in [4.69, 9.17) is 21.1 Å². The lowest BCUT2D eigenvalue weighted by atomic mass is 10.1. The summed E-state index contributed by atoms with van der Waals surface area (Å²) in [6, 6.07) is 11.1. The zero-order valence-electron chi connectivity index (χ0n) is 15.0. The Morgan fingerprint density at radius 3 is 2.54 bits per heavy atom. The molecule has 1 saturated heterocycles. The fourth-order valence-electron chi connectivity index (χ4n) is 3.18. The lowest BCUT2D eigenvalue weighted by molar-refractivity contribution is 0.102. The first kappa shape index (κ1) is 18.4. The highest BCUT2D eigenvalue weighted by Gasteiger charge is 2.16. The second-order valence-electron chi connectivity index (χ2n) is 6.25. The maximum Gasteiger partial charge on any atom is 0.255 e. The van der Waals surface area contributed by atoms with Gasteiger partial charge < -0.3 is 19.7 Å². The van der Waals surface area contributed by atoms with Crippen LogP contribution in [-0.4, -0.2) is 33.2 Å². The van der Waals surface area contributed by atoms with E-state index in [1.165, 1.54) is 33.5 Å². The summed E-state index contributed by atoms with van der Waals surface area (Å²) in [4.78, 5) is 15.0. The number of nitrogens with one attached hydrogen (secondary N) is 1. The molecule has 1 heterocycles. The summed E-state index contributed by atoms with van der Waals surface area (Å²) < 4.78 is 10.5. The van der Waals surface area contributed by atoms with Crippen molar-refractivity contribution in [1.29, 1.82) is 0 Å². The Bertz CT molecular complexity index is 789. The first-order valence-corrected chi connectivity index (χ1v) is 9.08. The van der Waals surface area contributed by atoms with Gasteiger partial charge in [-0.25, -0.2) is 0 Å². The van der Waals surface area contributed by atoms with Gasteiger partial charge in [0.1, 0.15) is 0 Å². The smallest absolute Gasteiger partial charge is 0.255 e. The number of benzene rings is 2. The third-order valence-electron chi connectivity index (χ3n) is 4.52. The molecule has 138 valence electrons. The summed E-state index contributed by atoms with van der Waals surface area (Å²) >= 11 is 6.20. The molecule has 2 aromatic rings. The van der Waals surface area contributed by atoms with Crippen molar-refractivity contribution in [2.45, 2.75) is 19.3 Å². The average molecular weight is 375 g/mol. The van der Waals surface area contributed by atoms with Crippen LogP contribution in [0.15, 0.2) is 36.4 Å². The molecule has 5 nitrogen and oxygen atoms in total. The van der Waals surface area contributed by atoms with Crippen molar-refractivity contribution in [3.05, 3.63) is 47.0 Å². The number of amides is 1. The number of hydrogen-bond donors (Lipinski definition) is 1. The van der Waals surface area contributed by atoms with Crippen LogP contribution in [0.2, 0.25) is 5.02 Å². The van der Waals surface area contributed by atoms with Crippen LogP contribution in [-0.2, 0) is 0 Å². The molecule has 2 aromatic carbocycles. The number of methoxy groups -OCH3 is 2. The number of anilines is 2. The van der Waals surface area contributed by atoms with Gasteiger partial charge in [0, 0.05) is 30.0 Å². The van der Waals surface area contributed by atoms with Crippen molar-refractivity contribution >= 4 is 28.9 Å². The van der Waals surface area contributed by atoms with E-state index in [0.29, 0.717) is 22.1 Å². The standard InChI is InChI=1S/C20H23ClN2O3/c1-25-18-12-14(11-17(21)19(18)26-2)20(24)22-15-7-6-8-16(13-15)23-9-4-3-5-10-23/h6-8,11-13H,3-5,9-10H2,1-2H3,(H,22,24). The van der Waals surface area contributed by atoms with Crippen molar-refractivity contribution in [1.82, 2.24) is 0 Å². The fourth-order valence-corrected chi connectivity index (χ4v) is 3.47. The Labute approximate surface area is 158 Å². The van der Waals surface area contributed by atoms with Gasteiger partial charge in [-0.3, -0.25) is 4.79 Å². The molecule has 26 heavy (non-hydrogen) atoms. The summed E-state index contributed by atoms with van der Waals surface area (Å²) in [5.41, 5.74) is 2.30. The summed E-state index contributed by atoms with van der Waals surface area (Å²) in [7, 11) is 3.02. The normalized spacial score (nSPS) is 14.0. The second kappa shape index (κ2) is 8.32. The van der Waals surface area contributed by atoms with Crippen molar-refractivity contribution in [2.75, 3.05) is 37.5 Å². The van der Waals surface area contributed by atoms with Crippen LogP contribution >= 0.6 is 11.6 Å². The summed E-state index contributed by atoms with van der Waals surface area (Å²) in [5.74, 6) is 0.591. The topological polar surface area (TPSA) is 50.8 Å². The summed E-state index contributed by atoms with van der Waals surface area (Å²) in [6.07, 6.45) is 3.70. The molecule has 0 radical (unpaired) electrons. The highest BCUT2D eigenvalue weighted by Crippen LogP contribution is 2.36. The van der Waals surface area contributed by atoms with Crippen molar-refractivity contribution in [3.8, 4) is 11.5 Å². The van der Waals surface area contributed by atoms with E-state index >= 15 is 0 Å². The number of carbonyl (C=O) groups is 1. The molecular weight excluding hydrogens is 352 g/mol. The Hall–Kier alpha value is -2.40. The van der Waals surface area contributed by atoms with E-state index in [2.05, 4.69) is 16.3 Å². The Morgan fingerprint density at radius 2 is 1.85 bits per heavy atom. The molecule has 1 fully saturated rings. The van der Waals surface area contributed by atoms with Gasteiger partial charge in [0.05, 0.1) is 19.2 Å². The van der Waals surface area contributed by atoms with E-state index in [-0.39, 0.29) is 5.91 Å².